The number of hydrogen-bond donors (Lipinski definition) is 1. The number of nitrogens with zero attached hydrogens (tertiary/aromatic N) is 2. The molecule has 1 N–H and O–H groups in total. The monoisotopic (exact) mass is 258 g/mol. The van der Waals surface area contributed by atoms with Crippen LogP contribution in [0, 0.1) is 17.8 Å². The molecule has 1 saturated carbocycles. The van der Waals surface area contributed by atoms with E-state index in [-0.39, 0.29) is 12.5 Å². The maximum Gasteiger partial charge on any atom is 0.255 e. The van der Waals surface area contributed by atoms with Crippen LogP contribution in [0.3, 0.4) is 0 Å². The van der Waals surface area contributed by atoms with Crippen LogP contribution in [-0.4, -0.2) is 40.6 Å². The minimum absolute atomic E-state index is 0.000889. The van der Waals surface area contributed by atoms with Crippen molar-refractivity contribution in [3.05, 3.63) is 29.6 Å². The average Bonchev–Trinajstić information content (AvgIpc) is 3.26. The SMILES string of the molecule is CCN(CC1CC1)C(=O)c1ccncc1C#CCO. The van der Waals surface area contributed by atoms with Crippen molar-refractivity contribution in [2.75, 3.05) is 19.7 Å². The molecular formula is C15H18N2O2. The maximum absolute atomic E-state index is 12.5. The highest BCUT2D eigenvalue weighted by atomic mass is 16.2. The standard InChI is InChI=1S/C15H18N2O2/c1-2-17(11-12-5-6-12)15(19)14-7-8-16-10-13(14)4-3-9-18/h7-8,10,12,18H,2,5-6,9,11H2,1H3. The first-order valence-corrected chi connectivity index (χ1v) is 6.59. The first kappa shape index (κ1) is 13.6. The Balaban J connectivity index is 2.20. The van der Waals surface area contributed by atoms with Crippen molar-refractivity contribution in [3.8, 4) is 11.8 Å². The minimum Gasteiger partial charge on any atom is -0.384 e. The Morgan fingerprint density at radius 2 is 2.37 bits per heavy atom. The normalized spacial score (nSPS) is 13.6. The molecule has 0 saturated heterocycles. The first-order valence-electron chi connectivity index (χ1n) is 6.59. The summed E-state index contributed by atoms with van der Waals surface area (Å²) in [4.78, 5) is 18.3. The molecule has 0 aromatic carbocycles. The van der Waals surface area contributed by atoms with Crippen molar-refractivity contribution >= 4 is 5.91 Å². The van der Waals surface area contributed by atoms with Crippen LogP contribution in [0.5, 0.6) is 0 Å². The lowest BCUT2D eigenvalue weighted by molar-refractivity contribution is 0.0756. The van der Waals surface area contributed by atoms with E-state index in [1.807, 2.05) is 11.8 Å². The van der Waals surface area contributed by atoms with E-state index in [0.717, 1.165) is 6.54 Å². The summed E-state index contributed by atoms with van der Waals surface area (Å²) in [5, 5.41) is 8.75. The molecule has 0 spiro atoms. The molecule has 1 aliphatic rings. The van der Waals surface area contributed by atoms with Gasteiger partial charge in [0.1, 0.15) is 6.61 Å². The molecular weight excluding hydrogens is 240 g/mol. The molecule has 1 aromatic heterocycles. The number of hydrogen-bond acceptors (Lipinski definition) is 3. The van der Waals surface area contributed by atoms with E-state index in [0.29, 0.717) is 23.6 Å². The molecule has 0 radical (unpaired) electrons. The van der Waals surface area contributed by atoms with E-state index >= 15 is 0 Å². The number of carbonyl (C=O) groups excluding carboxylic acids is 1. The molecule has 1 amide bonds. The van der Waals surface area contributed by atoms with Gasteiger partial charge in [-0.2, -0.15) is 0 Å². The van der Waals surface area contributed by atoms with Crippen molar-refractivity contribution in [2.24, 2.45) is 5.92 Å². The van der Waals surface area contributed by atoms with Crippen LogP contribution >= 0.6 is 0 Å². The molecule has 100 valence electrons. The summed E-state index contributed by atoms with van der Waals surface area (Å²) >= 11 is 0. The van der Waals surface area contributed by atoms with Gasteiger partial charge in [0, 0.05) is 25.5 Å². The number of amides is 1. The Morgan fingerprint density at radius 1 is 1.58 bits per heavy atom. The Kier molecular flexibility index (Phi) is 4.53. The summed E-state index contributed by atoms with van der Waals surface area (Å²) < 4.78 is 0. The highest BCUT2D eigenvalue weighted by Crippen LogP contribution is 2.30. The van der Waals surface area contributed by atoms with Crippen LogP contribution in [0.2, 0.25) is 0 Å². The average molecular weight is 258 g/mol. The first-order chi connectivity index (χ1) is 9.26. The number of aromatic nitrogens is 1. The lowest BCUT2D eigenvalue weighted by Gasteiger charge is -2.21. The number of aliphatic hydroxyl groups excluding tert-OH is 1. The van der Waals surface area contributed by atoms with E-state index in [1.165, 1.54) is 12.8 Å². The summed E-state index contributed by atoms with van der Waals surface area (Å²) in [6.07, 6.45) is 5.61. The van der Waals surface area contributed by atoms with Crippen molar-refractivity contribution < 1.29 is 9.90 Å². The smallest absolute Gasteiger partial charge is 0.255 e. The Hall–Kier alpha value is -1.86. The molecule has 2 rings (SSSR count). The largest absolute Gasteiger partial charge is 0.384 e. The van der Waals surface area contributed by atoms with Crippen LogP contribution in [0.1, 0.15) is 35.7 Å². The second-order valence-corrected chi connectivity index (χ2v) is 4.67. The van der Waals surface area contributed by atoms with Crippen LogP contribution < -0.4 is 0 Å². The van der Waals surface area contributed by atoms with Gasteiger partial charge in [0.15, 0.2) is 0 Å². The number of rotatable bonds is 4. The second kappa shape index (κ2) is 6.35. The lowest BCUT2D eigenvalue weighted by Crippen LogP contribution is -2.33. The minimum atomic E-state index is -0.220. The summed E-state index contributed by atoms with van der Waals surface area (Å²) in [6.45, 7) is 3.29. The predicted molar refractivity (Wildman–Crippen MR) is 72.5 cm³/mol. The van der Waals surface area contributed by atoms with E-state index in [4.69, 9.17) is 5.11 Å². The van der Waals surface area contributed by atoms with Crippen LogP contribution in [0.4, 0.5) is 0 Å². The topological polar surface area (TPSA) is 53.4 Å². The highest BCUT2D eigenvalue weighted by Gasteiger charge is 2.27. The third-order valence-electron chi connectivity index (χ3n) is 3.20. The zero-order valence-corrected chi connectivity index (χ0v) is 11.1. The quantitative estimate of drug-likeness (QED) is 0.828. The molecule has 0 unspecified atom stereocenters. The molecule has 1 aromatic rings. The van der Waals surface area contributed by atoms with Crippen LogP contribution in [0.15, 0.2) is 18.5 Å². The fraction of sp³-hybridized carbons (Fsp3) is 0.467. The van der Waals surface area contributed by atoms with Gasteiger partial charge in [-0.1, -0.05) is 11.8 Å². The summed E-state index contributed by atoms with van der Waals surface area (Å²) in [5.74, 6) is 6.01. The lowest BCUT2D eigenvalue weighted by atomic mass is 10.1. The molecule has 0 aliphatic heterocycles. The van der Waals surface area contributed by atoms with Crippen molar-refractivity contribution in [1.82, 2.24) is 9.88 Å². The van der Waals surface area contributed by atoms with Crippen molar-refractivity contribution in [2.45, 2.75) is 19.8 Å². The Bertz CT molecular complexity index is 512. The Labute approximate surface area is 113 Å². The van der Waals surface area contributed by atoms with E-state index in [1.54, 1.807) is 18.5 Å². The third kappa shape index (κ3) is 3.55. The van der Waals surface area contributed by atoms with E-state index < -0.39 is 0 Å². The summed E-state index contributed by atoms with van der Waals surface area (Å²) in [5.41, 5.74) is 1.15. The molecule has 4 heteroatoms. The third-order valence-corrected chi connectivity index (χ3v) is 3.20. The molecule has 4 nitrogen and oxygen atoms in total. The fourth-order valence-corrected chi connectivity index (χ4v) is 1.95. The molecule has 0 bridgehead atoms. The fourth-order valence-electron chi connectivity index (χ4n) is 1.95. The van der Waals surface area contributed by atoms with Crippen LogP contribution in [0.25, 0.3) is 0 Å². The molecule has 1 fully saturated rings. The van der Waals surface area contributed by atoms with Gasteiger partial charge in [-0.15, -0.1) is 0 Å². The molecule has 0 atom stereocenters. The number of pyridine rings is 1. The number of carbonyl (C=O) groups is 1. The van der Waals surface area contributed by atoms with Gasteiger partial charge in [-0.05, 0) is 31.7 Å². The van der Waals surface area contributed by atoms with Gasteiger partial charge in [-0.25, -0.2) is 0 Å². The Morgan fingerprint density at radius 3 is 3.00 bits per heavy atom. The maximum atomic E-state index is 12.5. The van der Waals surface area contributed by atoms with Gasteiger partial charge in [-0.3, -0.25) is 9.78 Å². The van der Waals surface area contributed by atoms with Gasteiger partial charge in [0.25, 0.3) is 5.91 Å². The number of aliphatic hydroxyl groups is 1. The van der Waals surface area contributed by atoms with Gasteiger partial charge in [0.05, 0.1) is 11.1 Å². The zero-order chi connectivity index (χ0) is 13.7. The van der Waals surface area contributed by atoms with Crippen LogP contribution in [-0.2, 0) is 0 Å². The van der Waals surface area contributed by atoms with Crippen molar-refractivity contribution in [1.29, 1.82) is 0 Å². The highest BCUT2D eigenvalue weighted by molar-refractivity contribution is 5.96. The second-order valence-electron chi connectivity index (χ2n) is 4.67. The molecule has 1 heterocycles. The predicted octanol–water partition coefficient (Wildman–Crippen LogP) is 1.30. The summed E-state index contributed by atoms with van der Waals surface area (Å²) in [6, 6.07) is 1.69. The van der Waals surface area contributed by atoms with Gasteiger partial charge < -0.3 is 10.0 Å². The van der Waals surface area contributed by atoms with E-state index in [2.05, 4.69) is 16.8 Å². The van der Waals surface area contributed by atoms with Gasteiger partial charge >= 0.3 is 0 Å². The van der Waals surface area contributed by atoms with E-state index in [9.17, 15) is 4.79 Å². The van der Waals surface area contributed by atoms with Gasteiger partial charge in [0.2, 0.25) is 0 Å². The van der Waals surface area contributed by atoms with Crippen molar-refractivity contribution in [3.63, 3.8) is 0 Å². The molecule has 19 heavy (non-hydrogen) atoms. The molecule has 1 aliphatic carbocycles. The summed E-state index contributed by atoms with van der Waals surface area (Å²) in [7, 11) is 0. The zero-order valence-electron chi connectivity index (χ0n) is 11.1.